The zero-order valence-electron chi connectivity index (χ0n) is 9.02. The summed E-state index contributed by atoms with van der Waals surface area (Å²) in [5.41, 5.74) is 0.620. The van der Waals surface area contributed by atoms with E-state index in [2.05, 4.69) is 0 Å². The van der Waals surface area contributed by atoms with Crippen molar-refractivity contribution in [3.63, 3.8) is 0 Å². The lowest BCUT2D eigenvalue weighted by molar-refractivity contribution is 0.403. The summed E-state index contributed by atoms with van der Waals surface area (Å²) in [4.78, 5) is 11.3. The highest BCUT2D eigenvalue weighted by Gasteiger charge is 2.11. The summed E-state index contributed by atoms with van der Waals surface area (Å²) in [5, 5.41) is 19.4. The quantitative estimate of drug-likeness (QED) is 0.571. The molecule has 0 saturated heterocycles. The van der Waals surface area contributed by atoms with Crippen LogP contribution < -0.4 is 5.63 Å². The number of benzene rings is 1. The minimum atomic E-state index is -0.457. The number of hydrogen-bond donors (Lipinski definition) is 2. The van der Waals surface area contributed by atoms with Gasteiger partial charge in [-0.3, -0.25) is 0 Å². The molecular formula is C12H12O4. The Labute approximate surface area is 91.8 Å². The summed E-state index contributed by atoms with van der Waals surface area (Å²) in [6, 6.07) is 4.06. The predicted molar refractivity (Wildman–Crippen MR) is 59.9 cm³/mol. The van der Waals surface area contributed by atoms with Crippen molar-refractivity contribution in [2.75, 3.05) is 0 Å². The van der Waals surface area contributed by atoms with Crippen LogP contribution in [0.15, 0.2) is 27.4 Å². The molecule has 4 nitrogen and oxygen atoms in total. The molecule has 1 heterocycles. The van der Waals surface area contributed by atoms with Crippen LogP contribution >= 0.6 is 0 Å². The predicted octanol–water partition coefficient (Wildman–Crippen LogP) is 2.33. The first kappa shape index (κ1) is 10.5. The molecule has 0 amide bonds. The van der Waals surface area contributed by atoms with Crippen molar-refractivity contribution in [1.29, 1.82) is 0 Å². The lowest BCUT2D eigenvalue weighted by Crippen LogP contribution is -2.01. The van der Waals surface area contributed by atoms with Gasteiger partial charge in [0.1, 0.15) is 5.58 Å². The molecule has 0 saturated carbocycles. The molecule has 2 N–H and O–H groups in total. The summed E-state index contributed by atoms with van der Waals surface area (Å²) in [7, 11) is 0. The third-order valence-electron chi connectivity index (χ3n) is 2.49. The second-order valence-electron chi connectivity index (χ2n) is 4.01. The molecule has 0 atom stereocenters. The molecule has 84 valence electrons. The molecule has 0 spiro atoms. The van der Waals surface area contributed by atoms with Crippen molar-refractivity contribution in [1.82, 2.24) is 0 Å². The molecule has 0 fully saturated rings. The zero-order chi connectivity index (χ0) is 11.9. The molecule has 0 aliphatic carbocycles. The van der Waals surface area contributed by atoms with Crippen LogP contribution in [0.5, 0.6) is 11.5 Å². The van der Waals surface area contributed by atoms with Crippen LogP contribution in [0.4, 0.5) is 0 Å². The monoisotopic (exact) mass is 220 g/mol. The van der Waals surface area contributed by atoms with Crippen LogP contribution in [-0.4, -0.2) is 10.2 Å². The maximum absolute atomic E-state index is 11.3. The molecule has 0 radical (unpaired) electrons. The van der Waals surface area contributed by atoms with Crippen molar-refractivity contribution in [3.8, 4) is 11.5 Å². The van der Waals surface area contributed by atoms with Crippen molar-refractivity contribution >= 4 is 11.0 Å². The van der Waals surface area contributed by atoms with E-state index < -0.39 is 5.63 Å². The second-order valence-corrected chi connectivity index (χ2v) is 4.01. The summed E-state index contributed by atoms with van der Waals surface area (Å²) in [6.07, 6.45) is 0. The minimum Gasteiger partial charge on any atom is -0.504 e. The van der Waals surface area contributed by atoms with Gasteiger partial charge in [-0.25, -0.2) is 4.79 Å². The zero-order valence-corrected chi connectivity index (χ0v) is 9.02. The average Bonchev–Trinajstić information content (AvgIpc) is 2.19. The second kappa shape index (κ2) is 3.56. The largest absolute Gasteiger partial charge is 0.504 e. The molecular weight excluding hydrogens is 208 g/mol. The highest BCUT2D eigenvalue weighted by atomic mass is 16.4. The normalized spacial score (nSPS) is 11.2. The third-order valence-corrected chi connectivity index (χ3v) is 2.49. The van der Waals surface area contributed by atoms with E-state index in [0.29, 0.717) is 5.39 Å². The Morgan fingerprint density at radius 1 is 1.12 bits per heavy atom. The Morgan fingerprint density at radius 2 is 1.75 bits per heavy atom. The van der Waals surface area contributed by atoms with E-state index in [4.69, 9.17) is 4.42 Å². The molecule has 4 heteroatoms. The smallest absolute Gasteiger partial charge is 0.336 e. The number of hydrogen-bond acceptors (Lipinski definition) is 4. The Hall–Kier alpha value is -1.97. The van der Waals surface area contributed by atoms with E-state index in [1.165, 1.54) is 18.2 Å². The Kier molecular flexibility index (Phi) is 2.34. The van der Waals surface area contributed by atoms with Crippen LogP contribution in [0, 0.1) is 0 Å². The Bertz CT molecular complexity index is 596. The van der Waals surface area contributed by atoms with Gasteiger partial charge < -0.3 is 14.6 Å². The summed E-state index contributed by atoms with van der Waals surface area (Å²) in [6.45, 7) is 3.89. The van der Waals surface area contributed by atoms with Gasteiger partial charge in [-0.05, 0) is 17.5 Å². The van der Waals surface area contributed by atoms with Gasteiger partial charge in [0, 0.05) is 17.5 Å². The molecule has 1 aromatic carbocycles. The van der Waals surface area contributed by atoms with Crippen molar-refractivity contribution in [2.24, 2.45) is 0 Å². The third kappa shape index (κ3) is 1.62. The number of phenolic OH excluding ortho intramolecular Hbond substituents is 2. The van der Waals surface area contributed by atoms with E-state index in [-0.39, 0.29) is 23.0 Å². The number of fused-ring (bicyclic) bond motifs is 1. The Balaban J connectivity index is 2.90. The summed E-state index contributed by atoms with van der Waals surface area (Å²) in [5.74, 6) is -0.379. The maximum atomic E-state index is 11.3. The van der Waals surface area contributed by atoms with Gasteiger partial charge in [-0.2, -0.15) is 0 Å². The molecule has 0 aliphatic heterocycles. The highest BCUT2D eigenvalue weighted by Crippen LogP contribution is 2.33. The number of rotatable bonds is 1. The van der Waals surface area contributed by atoms with Gasteiger partial charge in [0.05, 0.1) is 0 Å². The SMILES string of the molecule is CC(C)c1cc(=O)oc2cc(O)c(O)cc12. The van der Waals surface area contributed by atoms with Crippen molar-refractivity contribution in [2.45, 2.75) is 19.8 Å². The molecule has 0 unspecified atom stereocenters. The average molecular weight is 220 g/mol. The summed E-state index contributed by atoms with van der Waals surface area (Å²) < 4.78 is 4.96. The first-order valence-electron chi connectivity index (χ1n) is 4.99. The molecule has 16 heavy (non-hydrogen) atoms. The lowest BCUT2D eigenvalue weighted by atomic mass is 9.99. The Morgan fingerprint density at radius 3 is 2.38 bits per heavy atom. The lowest BCUT2D eigenvalue weighted by Gasteiger charge is -2.09. The van der Waals surface area contributed by atoms with Gasteiger partial charge in [0.25, 0.3) is 0 Å². The van der Waals surface area contributed by atoms with Gasteiger partial charge in [0.2, 0.25) is 0 Å². The number of phenols is 2. The van der Waals surface area contributed by atoms with E-state index >= 15 is 0 Å². The van der Waals surface area contributed by atoms with Crippen LogP contribution in [-0.2, 0) is 0 Å². The van der Waals surface area contributed by atoms with Crippen LogP contribution in [0.25, 0.3) is 11.0 Å². The fourth-order valence-electron chi connectivity index (χ4n) is 1.69. The van der Waals surface area contributed by atoms with Crippen LogP contribution in [0.1, 0.15) is 25.3 Å². The van der Waals surface area contributed by atoms with E-state index in [0.717, 1.165) is 5.56 Å². The fourth-order valence-corrected chi connectivity index (χ4v) is 1.69. The molecule has 0 bridgehead atoms. The standard InChI is InChI=1S/C12H12O4/c1-6(2)7-4-12(15)16-11-5-10(14)9(13)3-8(7)11/h3-6,13-14H,1-2H3. The minimum absolute atomic E-state index is 0.135. The van der Waals surface area contributed by atoms with E-state index in [9.17, 15) is 15.0 Å². The number of aromatic hydroxyl groups is 2. The van der Waals surface area contributed by atoms with Crippen molar-refractivity contribution < 1.29 is 14.6 Å². The van der Waals surface area contributed by atoms with Crippen LogP contribution in [0.3, 0.4) is 0 Å². The summed E-state index contributed by atoms with van der Waals surface area (Å²) >= 11 is 0. The first-order valence-corrected chi connectivity index (χ1v) is 4.99. The maximum Gasteiger partial charge on any atom is 0.336 e. The van der Waals surface area contributed by atoms with Gasteiger partial charge >= 0.3 is 5.63 Å². The fraction of sp³-hybridized carbons (Fsp3) is 0.250. The molecule has 2 aromatic rings. The molecule has 0 aliphatic rings. The van der Waals surface area contributed by atoms with Crippen molar-refractivity contribution in [3.05, 3.63) is 34.2 Å². The van der Waals surface area contributed by atoms with Gasteiger partial charge in [-0.15, -0.1) is 0 Å². The first-order chi connectivity index (χ1) is 7.49. The van der Waals surface area contributed by atoms with Gasteiger partial charge in [-0.1, -0.05) is 13.8 Å². The van der Waals surface area contributed by atoms with E-state index in [1.54, 1.807) is 0 Å². The highest BCUT2D eigenvalue weighted by molar-refractivity contribution is 5.84. The van der Waals surface area contributed by atoms with E-state index in [1.807, 2.05) is 13.8 Å². The molecule has 2 rings (SSSR count). The topological polar surface area (TPSA) is 70.7 Å². The van der Waals surface area contributed by atoms with Crippen LogP contribution in [0.2, 0.25) is 0 Å². The van der Waals surface area contributed by atoms with Gasteiger partial charge in [0.15, 0.2) is 11.5 Å². The molecule has 1 aromatic heterocycles.